The van der Waals surface area contributed by atoms with E-state index in [1.54, 1.807) is 0 Å². The molecule has 1 heterocycles. The van der Waals surface area contributed by atoms with E-state index in [4.69, 9.17) is 9.47 Å². The second-order valence-electron chi connectivity index (χ2n) is 2.93. The molecule has 66 valence electrons. The molecule has 3 nitrogen and oxygen atoms in total. The lowest BCUT2D eigenvalue weighted by Gasteiger charge is -2.16. The Labute approximate surface area is 65.4 Å². The molecule has 1 atom stereocenters. The van der Waals surface area contributed by atoms with Crippen molar-refractivity contribution in [3.8, 4) is 0 Å². The topological polar surface area (TPSA) is 27.7 Å². The van der Waals surface area contributed by atoms with Crippen molar-refractivity contribution in [1.82, 2.24) is 0 Å². The maximum atomic E-state index is 11.5. The van der Waals surface area contributed by atoms with Gasteiger partial charge in [-0.25, -0.2) is 4.39 Å². The van der Waals surface area contributed by atoms with Gasteiger partial charge < -0.3 is 14.2 Å². The van der Waals surface area contributed by atoms with Crippen molar-refractivity contribution in [2.45, 2.75) is 25.7 Å². The van der Waals surface area contributed by atoms with E-state index in [1.807, 2.05) is 13.8 Å². The van der Waals surface area contributed by atoms with Crippen LogP contribution in [0.5, 0.6) is 0 Å². The van der Waals surface area contributed by atoms with Crippen LogP contribution < -0.4 is 0 Å². The van der Waals surface area contributed by atoms with Crippen LogP contribution in [0.15, 0.2) is 0 Å². The van der Waals surface area contributed by atoms with E-state index >= 15 is 0 Å². The van der Waals surface area contributed by atoms with Crippen LogP contribution in [-0.2, 0) is 14.2 Å². The van der Waals surface area contributed by atoms with Gasteiger partial charge in [0.05, 0.1) is 13.2 Å². The lowest BCUT2D eigenvalue weighted by Crippen LogP contribution is -2.23. The summed E-state index contributed by atoms with van der Waals surface area (Å²) in [6.07, 6.45) is -0.124. The third-order valence-electron chi connectivity index (χ3n) is 1.45. The Hall–Kier alpha value is -0.190. The van der Waals surface area contributed by atoms with Gasteiger partial charge in [-0.3, -0.25) is 0 Å². The highest BCUT2D eigenvalue weighted by molar-refractivity contribution is 4.69. The van der Waals surface area contributed by atoms with Crippen molar-refractivity contribution in [1.29, 1.82) is 0 Å². The molecule has 1 saturated heterocycles. The lowest BCUT2D eigenvalue weighted by molar-refractivity contribution is -0.147. The van der Waals surface area contributed by atoms with Crippen LogP contribution in [-0.4, -0.2) is 32.0 Å². The number of alkyl halides is 1. The summed E-state index contributed by atoms with van der Waals surface area (Å²) in [6.45, 7) is 3.62. The molecule has 0 amide bonds. The fraction of sp³-hybridized carbons (Fsp3) is 1.00. The minimum absolute atomic E-state index is 0.124. The van der Waals surface area contributed by atoms with E-state index in [0.717, 1.165) is 0 Å². The van der Waals surface area contributed by atoms with Crippen molar-refractivity contribution in [2.24, 2.45) is 0 Å². The first kappa shape index (κ1) is 8.90. The van der Waals surface area contributed by atoms with Crippen LogP contribution in [0, 0.1) is 0 Å². The Bertz CT molecular complexity index is 127. The summed E-state index contributed by atoms with van der Waals surface area (Å²) in [5.74, 6) is -0.537. The van der Waals surface area contributed by atoms with Gasteiger partial charge in [0.1, 0.15) is 6.10 Å². The smallest absolute Gasteiger partial charge is 0.188 e. The minimum Gasteiger partial charge on any atom is -0.348 e. The lowest BCUT2D eigenvalue weighted by atomic mass is 10.4. The first-order valence-corrected chi connectivity index (χ1v) is 3.59. The summed E-state index contributed by atoms with van der Waals surface area (Å²) in [6, 6.07) is 0. The van der Waals surface area contributed by atoms with Crippen molar-refractivity contribution < 1.29 is 18.6 Å². The van der Waals surface area contributed by atoms with Crippen molar-refractivity contribution >= 4 is 0 Å². The number of hydrogen-bond donors (Lipinski definition) is 0. The summed E-state index contributed by atoms with van der Waals surface area (Å²) >= 11 is 0. The normalized spacial score (nSPS) is 29.2. The van der Waals surface area contributed by atoms with Crippen molar-refractivity contribution in [2.75, 3.05) is 20.1 Å². The first-order chi connectivity index (χ1) is 5.14. The molecule has 0 aliphatic carbocycles. The number of rotatable bonds is 3. The zero-order valence-corrected chi connectivity index (χ0v) is 6.80. The zero-order valence-electron chi connectivity index (χ0n) is 6.80. The highest BCUT2D eigenvalue weighted by Gasteiger charge is 2.32. The predicted octanol–water partition coefficient (Wildman–Crippen LogP) is 1.08. The summed E-state index contributed by atoms with van der Waals surface area (Å²) in [7, 11) is 0. The van der Waals surface area contributed by atoms with Gasteiger partial charge in [0.2, 0.25) is 0 Å². The minimum atomic E-state index is -0.764. The molecule has 1 rings (SSSR count). The number of hydrogen-bond acceptors (Lipinski definition) is 3. The van der Waals surface area contributed by atoms with Crippen LogP contribution in [0.4, 0.5) is 4.39 Å². The van der Waals surface area contributed by atoms with Crippen LogP contribution >= 0.6 is 0 Å². The molecule has 11 heavy (non-hydrogen) atoms. The second-order valence-corrected chi connectivity index (χ2v) is 2.93. The van der Waals surface area contributed by atoms with Crippen LogP contribution in [0.25, 0.3) is 0 Å². The molecule has 0 aromatic carbocycles. The van der Waals surface area contributed by atoms with E-state index in [2.05, 4.69) is 4.74 Å². The Morgan fingerprint density at radius 2 is 2.36 bits per heavy atom. The van der Waals surface area contributed by atoms with Crippen LogP contribution in [0.3, 0.4) is 0 Å². The van der Waals surface area contributed by atoms with Gasteiger partial charge in [-0.1, -0.05) is 0 Å². The van der Waals surface area contributed by atoms with Gasteiger partial charge in [0.15, 0.2) is 12.6 Å². The monoisotopic (exact) mass is 164 g/mol. The van der Waals surface area contributed by atoms with Crippen LogP contribution in [0.2, 0.25) is 0 Å². The summed E-state index contributed by atoms with van der Waals surface area (Å²) < 4.78 is 26.6. The third kappa shape index (κ3) is 2.73. The molecular weight excluding hydrogens is 151 g/mol. The molecular formula is C7H13FO3. The standard InChI is InChI=1S/C7H13FO3/c1-7(2)10-4-6(11-7)3-9-5-8/h6H,3-5H2,1-2H3. The van der Waals surface area contributed by atoms with Gasteiger partial charge in [-0.15, -0.1) is 0 Å². The Balaban J connectivity index is 2.20. The van der Waals surface area contributed by atoms with Crippen LogP contribution in [0.1, 0.15) is 13.8 Å². The summed E-state index contributed by atoms with van der Waals surface area (Å²) in [5.41, 5.74) is 0. The largest absolute Gasteiger partial charge is 0.348 e. The Kier molecular flexibility index (Phi) is 2.81. The molecule has 4 heteroatoms. The number of ether oxygens (including phenoxy) is 3. The van der Waals surface area contributed by atoms with Crippen molar-refractivity contribution in [3.05, 3.63) is 0 Å². The fourth-order valence-corrected chi connectivity index (χ4v) is 1.02. The van der Waals surface area contributed by atoms with Gasteiger partial charge in [-0.2, -0.15) is 0 Å². The quantitative estimate of drug-likeness (QED) is 0.624. The predicted molar refractivity (Wildman–Crippen MR) is 36.8 cm³/mol. The maximum absolute atomic E-state index is 11.5. The van der Waals surface area contributed by atoms with E-state index < -0.39 is 12.6 Å². The summed E-state index contributed by atoms with van der Waals surface area (Å²) in [4.78, 5) is 0. The highest BCUT2D eigenvalue weighted by atomic mass is 19.1. The molecule has 0 bridgehead atoms. The number of halogens is 1. The van der Waals surface area contributed by atoms with E-state index in [9.17, 15) is 4.39 Å². The SMILES string of the molecule is CC1(C)OCC(COCF)O1. The second kappa shape index (κ2) is 3.47. The zero-order chi connectivity index (χ0) is 8.32. The molecule has 0 aromatic rings. The average Bonchev–Trinajstić information content (AvgIpc) is 2.26. The molecule has 0 spiro atoms. The fourth-order valence-electron chi connectivity index (χ4n) is 1.02. The third-order valence-corrected chi connectivity index (χ3v) is 1.45. The van der Waals surface area contributed by atoms with Crippen molar-refractivity contribution in [3.63, 3.8) is 0 Å². The molecule has 0 saturated carbocycles. The van der Waals surface area contributed by atoms with Gasteiger partial charge >= 0.3 is 0 Å². The van der Waals surface area contributed by atoms with Gasteiger partial charge in [0.25, 0.3) is 0 Å². The molecule has 0 aromatic heterocycles. The molecule has 1 aliphatic heterocycles. The molecule has 0 radical (unpaired) electrons. The highest BCUT2D eigenvalue weighted by Crippen LogP contribution is 2.22. The summed E-state index contributed by atoms with van der Waals surface area (Å²) in [5, 5.41) is 0. The first-order valence-electron chi connectivity index (χ1n) is 3.59. The molecule has 1 unspecified atom stereocenters. The van der Waals surface area contributed by atoms with E-state index in [0.29, 0.717) is 6.61 Å². The van der Waals surface area contributed by atoms with Gasteiger partial charge in [-0.05, 0) is 13.8 Å². The molecule has 1 aliphatic rings. The molecule has 1 fully saturated rings. The maximum Gasteiger partial charge on any atom is 0.188 e. The van der Waals surface area contributed by atoms with E-state index in [1.165, 1.54) is 0 Å². The van der Waals surface area contributed by atoms with E-state index in [-0.39, 0.29) is 12.7 Å². The Morgan fingerprint density at radius 3 is 2.82 bits per heavy atom. The molecule has 0 N–H and O–H groups in total. The average molecular weight is 164 g/mol. The van der Waals surface area contributed by atoms with Gasteiger partial charge in [0, 0.05) is 0 Å². The Morgan fingerprint density at radius 1 is 1.64 bits per heavy atom.